The second-order valence-corrected chi connectivity index (χ2v) is 2.79. The summed E-state index contributed by atoms with van der Waals surface area (Å²) in [5.41, 5.74) is 0.620. The van der Waals surface area contributed by atoms with Gasteiger partial charge in [0, 0.05) is 7.11 Å². The second kappa shape index (κ2) is 2.06. The minimum absolute atomic E-state index is 0.620. The third kappa shape index (κ3) is 1.03. The molecule has 48 valence electrons. The van der Waals surface area contributed by atoms with Crippen LogP contribution in [-0.4, -0.2) is 13.7 Å². The molecule has 0 atom stereocenters. The van der Waals surface area contributed by atoms with E-state index in [-0.39, 0.29) is 0 Å². The summed E-state index contributed by atoms with van der Waals surface area (Å²) in [7, 11) is 1.79. The summed E-state index contributed by atoms with van der Waals surface area (Å²) in [5.74, 6) is 0. The Labute approximate surface area is 51.0 Å². The second-order valence-electron chi connectivity index (χ2n) is 2.79. The van der Waals surface area contributed by atoms with Gasteiger partial charge >= 0.3 is 0 Å². The fourth-order valence-electron chi connectivity index (χ4n) is 1.08. The van der Waals surface area contributed by atoms with Crippen LogP contribution in [0.5, 0.6) is 0 Å². The monoisotopic (exact) mass is 114 g/mol. The summed E-state index contributed by atoms with van der Waals surface area (Å²) in [6.45, 7) is 3.22. The standard InChI is InChI=1S/C7H14O/c1-3-7(4-5-7)6-8-2/h3-6H2,1-2H3. The molecule has 0 radical (unpaired) electrons. The zero-order chi connectivity index (χ0) is 6.04. The Kier molecular flexibility index (Phi) is 1.57. The number of hydrogen-bond donors (Lipinski definition) is 0. The lowest BCUT2D eigenvalue weighted by Gasteiger charge is -2.08. The lowest BCUT2D eigenvalue weighted by atomic mass is 10.1. The molecular formula is C7H14O. The minimum atomic E-state index is 0.620. The van der Waals surface area contributed by atoms with Crippen LogP contribution in [0.15, 0.2) is 0 Å². The Morgan fingerprint density at radius 3 is 2.25 bits per heavy atom. The molecule has 8 heavy (non-hydrogen) atoms. The van der Waals surface area contributed by atoms with E-state index in [4.69, 9.17) is 4.74 Å². The summed E-state index contributed by atoms with van der Waals surface area (Å²) >= 11 is 0. The molecule has 0 amide bonds. The summed E-state index contributed by atoms with van der Waals surface area (Å²) < 4.78 is 5.06. The normalized spacial score (nSPS) is 23.2. The largest absolute Gasteiger partial charge is 0.384 e. The van der Waals surface area contributed by atoms with Crippen LogP contribution in [0, 0.1) is 5.41 Å². The fourth-order valence-corrected chi connectivity index (χ4v) is 1.08. The third-order valence-corrected chi connectivity index (χ3v) is 2.16. The molecule has 0 unspecified atom stereocenters. The van der Waals surface area contributed by atoms with Gasteiger partial charge in [0.15, 0.2) is 0 Å². The van der Waals surface area contributed by atoms with Crippen molar-refractivity contribution in [2.45, 2.75) is 26.2 Å². The Hall–Kier alpha value is -0.0400. The highest BCUT2D eigenvalue weighted by atomic mass is 16.5. The minimum Gasteiger partial charge on any atom is -0.384 e. The van der Waals surface area contributed by atoms with Crippen LogP contribution in [0.4, 0.5) is 0 Å². The van der Waals surface area contributed by atoms with E-state index in [2.05, 4.69) is 6.92 Å². The molecule has 1 nitrogen and oxygen atoms in total. The summed E-state index contributed by atoms with van der Waals surface area (Å²) in [6, 6.07) is 0. The summed E-state index contributed by atoms with van der Waals surface area (Å²) in [5, 5.41) is 0. The first kappa shape index (κ1) is 6.09. The van der Waals surface area contributed by atoms with Gasteiger partial charge in [-0.2, -0.15) is 0 Å². The maximum atomic E-state index is 5.06. The van der Waals surface area contributed by atoms with Crippen molar-refractivity contribution in [3.8, 4) is 0 Å². The highest BCUT2D eigenvalue weighted by Gasteiger charge is 2.40. The molecule has 1 aliphatic carbocycles. The molecule has 0 saturated heterocycles. The van der Waals surface area contributed by atoms with E-state index in [9.17, 15) is 0 Å². The van der Waals surface area contributed by atoms with E-state index in [0.29, 0.717) is 5.41 Å². The van der Waals surface area contributed by atoms with Crippen LogP contribution in [0.25, 0.3) is 0 Å². The maximum absolute atomic E-state index is 5.06. The molecular weight excluding hydrogens is 100 g/mol. The molecule has 1 aliphatic rings. The molecule has 0 spiro atoms. The van der Waals surface area contributed by atoms with Crippen molar-refractivity contribution < 1.29 is 4.74 Å². The van der Waals surface area contributed by atoms with Crippen LogP contribution >= 0.6 is 0 Å². The van der Waals surface area contributed by atoms with E-state index >= 15 is 0 Å². The first-order valence-electron chi connectivity index (χ1n) is 3.32. The van der Waals surface area contributed by atoms with Crippen molar-refractivity contribution >= 4 is 0 Å². The highest BCUT2D eigenvalue weighted by molar-refractivity contribution is 4.91. The zero-order valence-corrected chi connectivity index (χ0v) is 5.74. The predicted molar refractivity (Wildman–Crippen MR) is 33.8 cm³/mol. The molecule has 0 heterocycles. The van der Waals surface area contributed by atoms with E-state index in [1.54, 1.807) is 7.11 Å². The van der Waals surface area contributed by atoms with Gasteiger partial charge in [0.05, 0.1) is 6.61 Å². The van der Waals surface area contributed by atoms with Crippen molar-refractivity contribution in [3.05, 3.63) is 0 Å². The predicted octanol–water partition coefficient (Wildman–Crippen LogP) is 1.82. The number of hydrogen-bond acceptors (Lipinski definition) is 1. The van der Waals surface area contributed by atoms with Crippen molar-refractivity contribution in [1.29, 1.82) is 0 Å². The lowest BCUT2D eigenvalue weighted by Crippen LogP contribution is -2.06. The van der Waals surface area contributed by atoms with E-state index in [0.717, 1.165) is 6.61 Å². The van der Waals surface area contributed by atoms with Crippen LogP contribution in [0.2, 0.25) is 0 Å². The van der Waals surface area contributed by atoms with Gasteiger partial charge in [-0.3, -0.25) is 0 Å². The van der Waals surface area contributed by atoms with E-state index in [1.807, 2.05) is 0 Å². The Balaban J connectivity index is 2.20. The van der Waals surface area contributed by atoms with E-state index < -0.39 is 0 Å². The Morgan fingerprint density at radius 1 is 1.50 bits per heavy atom. The van der Waals surface area contributed by atoms with Crippen molar-refractivity contribution in [2.24, 2.45) is 5.41 Å². The molecule has 0 aromatic heterocycles. The maximum Gasteiger partial charge on any atom is 0.0518 e. The van der Waals surface area contributed by atoms with Crippen molar-refractivity contribution in [3.63, 3.8) is 0 Å². The molecule has 0 bridgehead atoms. The summed E-state index contributed by atoms with van der Waals surface area (Å²) in [6.07, 6.45) is 4.06. The molecule has 0 aromatic rings. The van der Waals surface area contributed by atoms with Crippen LogP contribution in [0.3, 0.4) is 0 Å². The van der Waals surface area contributed by atoms with Crippen molar-refractivity contribution in [2.75, 3.05) is 13.7 Å². The molecule has 1 rings (SSSR count). The molecule has 1 fully saturated rings. The van der Waals surface area contributed by atoms with E-state index in [1.165, 1.54) is 19.3 Å². The number of methoxy groups -OCH3 is 1. The van der Waals surface area contributed by atoms with Gasteiger partial charge in [-0.25, -0.2) is 0 Å². The Bertz CT molecular complexity index is 74.5. The fraction of sp³-hybridized carbons (Fsp3) is 1.00. The van der Waals surface area contributed by atoms with Gasteiger partial charge in [-0.15, -0.1) is 0 Å². The summed E-state index contributed by atoms with van der Waals surface area (Å²) in [4.78, 5) is 0. The van der Waals surface area contributed by atoms with Crippen molar-refractivity contribution in [1.82, 2.24) is 0 Å². The smallest absolute Gasteiger partial charge is 0.0518 e. The van der Waals surface area contributed by atoms with Crippen LogP contribution < -0.4 is 0 Å². The number of rotatable bonds is 3. The molecule has 0 N–H and O–H groups in total. The van der Waals surface area contributed by atoms with Crippen LogP contribution in [-0.2, 0) is 4.74 Å². The SMILES string of the molecule is CCC1(COC)CC1. The quantitative estimate of drug-likeness (QED) is 0.544. The number of ether oxygens (including phenoxy) is 1. The molecule has 0 aliphatic heterocycles. The molecule has 1 heteroatoms. The Morgan fingerprint density at radius 2 is 2.12 bits per heavy atom. The average Bonchev–Trinajstić information content (AvgIpc) is 2.50. The molecule has 1 saturated carbocycles. The van der Waals surface area contributed by atoms with Gasteiger partial charge in [-0.05, 0) is 24.7 Å². The van der Waals surface area contributed by atoms with Gasteiger partial charge in [0.2, 0.25) is 0 Å². The average molecular weight is 114 g/mol. The van der Waals surface area contributed by atoms with Gasteiger partial charge < -0.3 is 4.74 Å². The highest BCUT2D eigenvalue weighted by Crippen LogP contribution is 2.48. The van der Waals surface area contributed by atoms with Crippen LogP contribution in [0.1, 0.15) is 26.2 Å². The van der Waals surface area contributed by atoms with Gasteiger partial charge in [-0.1, -0.05) is 6.92 Å². The first-order valence-corrected chi connectivity index (χ1v) is 3.32. The topological polar surface area (TPSA) is 9.23 Å². The van der Waals surface area contributed by atoms with Gasteiger partial charge in [0.1, 0.15) is 0 Å². The van der Waals surface area contributed by atoms with Gasteiger partial charge in [0.25, 0.3) is 0 Å². The molecule has 0 aromatic carbocycles. The first-order chi connectivity index (χ1) is 3.83. The lowest BCUT2D eigenvalue weighted by molar-refractivity contribution is 0.139. The third-order valence-electron chi connectivity index (χ3n) is 2.16. The zero-order valence-electron chi connectivity index (χ0n) is 5.74.